The molecular weight excluding hydrogens is 274 g/mol. The van der Waals surface area contributed by atoms with Gasteiger partial charge in [-0.15, -0.1) is 11.6 Å². The third kappa shape index (κ3) is 3.71. The third-order valence-corrected chi connectivity index (χ3v) is 4.83. The first kappa shape index (κ1) is 15.0. The van der Waals surface area contributed by atoms with Gasteiger partial charge in [-0.3, -0.25) is 4.79 Å². The van der Waals surface area contributed by atoms with E-state index in [2.05, 4.69) is 0 Å². The summed E-state index contributed by atoms with van der Waals surface area (Å²) >= 11 is 5.77. The summed E-state index contributed by atoms with van der Waals surface area (Å²) < 4.78 is 23.8. The summed E-state index contributed by atoms with van der Waals surface area (Å²) in [5.41, 5.74) is 5.57. The van der Waals surface area contributed by atoms with Crippen LogP contribution in [0.25, 0.3) is 0 Å². The Morgan fingerprint density at radius 2 is 1.89 bits per heavy atom. The molecule has 0 aliphatic heterocycles. The summed E-state index contributed by atoms with van der Waals surface area (Å²) in [6.45, 7) is 1.93. The monoisotopic (exact) mass is 289 g/mol. The number of carbonyl (C=O) groups is 1. The summed E-state index contributed by atoms with van der Waals surface area (Å²) in [5, 5.41) is -0.933. The van der Waals surface area contributed by atoms with Gasteiger partial charge in [-0.2, -0.15) is 0 Å². The van der Waals surface area contributed by atoms with Crippen molar-refractivity contribution in [1.29, 1.82) is 0 Å². The van der Waals surface area contributed by atoms with E-state index < -0.39 is 21.1 Å². The Labute approximate surface area is 112 Å². The minimum atomic E-state index is -3.24. The van der Waals surface area contributed by atoms with Gasteiger partial charge in [-0.05, 0) is 24.1 Å². The Morgan fingerprint density at radius 1 is 1.33 bits per heavy atom. The van der Waals surface area contributed by atoms with Crippen molar-refractivity contribution in [2.75, 3.05) is 5.75 Å². The van der Waals surface area contributed by atoms with Crippen LogP contribution in [0.5, 0.6) is 0 Å². The van der Waals surface area contributed by atoms with Gasteiger partial charge in [0.25, 0.3) is 0 Å². The molecule has 18 heavy (non-hydrogen) atoms. The second-order valence-corrected chi connectivity index (χ2v) is 6.55. The Hall–Kier alpha value is -1.07. The maximum Gasteiger partial charge on any atom is 0.240 e. The minimum absolute atomic E-state index is 0.128. The zero-order valence-electron chi connectivity index (χ0n) is 10.1. The lowest BCUT2D eigenvalue weighted by Gasteiger charge is -2.07. The fourth-order valence-corrected chi connectivity index (χ4v) is 3.06. The first-order valence-electron chi connectivity index (χ1n) is 5.64. The molecule has 1 aromatic rings. The molecule has 100 valence electrons. The molecule has 0 spiro atoms. The van der Waals surface area contributed by atoms with Gasteiger partial charge in [-0.25, -0.2) is 8.42 Å². The molecule has 0 heterocycles. The van der Waals surface area contributed by atoms with E-state index in [1.807, 2.05) is 6.92 Å². The molecule has 0 aromatic heterocycles. The Kier molecular flexibility index (Phi) is 5.16. The molecule has 0 saturated heterocycles. The van der Waals surface area contributed by atoms with Crippen LogP contribution >= 0.6 is 11.6 Å². The van der Waals surface area contributed by atoms with E-state index in [1.165, 1.54) is 24.3 Å². The van der Waals surface area contributed by atoms with Crippen LogP contribution in [0.1, 0.15) is 30.7 Å². The van der Waals surface area contributed by atoms with Crippen molar-refractivity contribution in [1.82, 2.24) is 0 Å². The molecular formula is C12H16ClNO3S. The van der Waals surface area contributed by atoms with Gasteiger partial charge >= 0.3 is 0 Å². The number of amides is 1. The molecule has 0 saturated carbocycles. The number of halogens is 1. The number of hydrogen-bond acceptors (Lipinski definition) is 3. The molecule has 0 aliphatic carbocycles. The molecule has 1 unspecified atom stereocenters. The molecule has 0 bridgehead atoms. The molecule has 1 amide bonds. The quantitative estimate of drug-likeness (QED) is 0.814. The van der Waals surface area contributed by atoms with Crippen LogP contribution in [-0.2, 0) is 14.6 Å². The standard InChI is InChI=1S/C12H16ClNO3S/c1-2-3-8-18(16,17)10-6-4-9(5-7-10)11(13)12(14)15/h4-7,11H,2-3,8H2,1H3,(H2,14,15). The SMILES string of the molecule is CCCCS(=O)(=O)c1ccc(C(Cl)C(N)=O)cc1. The van der Waals surface area contributed by atoms with Crippen molar-refractivity contribution in [2.24, 2.45) is 5.73 Å². The normalized spacial score (nSPS) is 13.2. The van der Waals surface area contributed by atoms with Crippen molar-refractivity contribution in [3.8, 4) is 0 Å². The number of rotatable bonds is 6. The molecule has 1 atom stereocenters. The van der Waals surface area contributed by atoms with Gasteiger partial charge in [0, 0.05) is 0 Å². The molecule has 6 heteroatoms. The van der Waals surface area contributed by atoms with Crippen LogP contribution in [0.3, 0.4) is 0 Å². The third-order valence-electron chi connectivity index (χ3n) is 2.55. The number of carbonyl (C=O) groups excluding carboxylic acids is 1. The topological polar surface area (TPSA) is 77.2 Å². The summed E-state index contributed by atoms with van der Waals surface area (Å²) in [6.07, 6.45) is 1.45. The minimum Gasteiger partial charge on any atom is -0.368 e. The molecule has 1 rings (SSSR count). The molecule has 1 aromatic carbocycles. The van der Waals surface area contributed by atoms with Crippen LogP contribution in [0.15, 0.2) is 29.2 Å². The van der Waals surface area contributed by atoms with Crippen LogP contribution in [-0.4, -0.2) is 20.1 Å². The zero-order chi connectivity index (χ0) is 13.8. The van der Waals surface area contributed by atoms with E-state index in [0.717, 1.165) is 6.42 Å². The van der Waals surface area contributed by atoms with E-state index >= 15 is 0 Å². The number of nitrogens with two attached hydrogens (primary N) is 1. The van der Waals surface area contributed by atoms with Gasteiger partial charge in [0.05, 0.1) is 10.6 Å². The van der Waals surface area contributed by atoms with Crippen LogP contribution in [0.2, 0.25) is 0 Å². The second kappa shape index (κ2) is 6.20. The molecule has 0 aliphatic rings. The van der Waals surface area contributed by atoms with Gasteiger partial charge in [0.2, 0.25) is 5.91 Å². The van der Waals surface area contributed by atoms with Gasteiger partial charge in [0.15, 0.2) is 9.84 Å². The number of benzene rings is 1. The van der Waals surface area contributed by atoms with E-state index in [9.17, 15) is 13.2 Å². The van der Waals surface area contributed by atoms with Crippen molar-refractivity contribution in [3.05, 3.63) is 29.8 Å². The van der Waals surface area contributed by atoms with Crippen LogP contribution in [0, 0.1) is 0 Å². The fraction of sp³-hybridized carbons (Fsp3) is 0.417. The Morgan fingerprint density at radius 3 is 2.33 bits per heavy atom. The Balaban J connectivity index is 2.92. The van der Waals surface area contributed by atoms with Gasteiger partial charge < -0.3 is 5.73 Å². The Bertz CT molecular complexity index is 511. The summed E-state index contributed by atoms with van der Waals surface area (Å²) in [6, 6.07) is 5.94. The van der Waals surface area contributed by atoms with Gasteiger partial charge in [0.1, 0.15) is 5.38 Å². The maximum atomic E-state index is 11.9. The van der Waals surface area contributed by atoms with Crippen molar-refractivity contribution < 1.29 is 13.2 Å². The lowest BCUT2D eigenvalue weighted by molar-refractivity contribution is -0.117. The fourth-order valence-electron chi connectivity index (χ4n) is 1.46. The highest BCUT2D eigenvalue weighted by molar-refractivity contribution is 7.91. The molecule has 0 radical (unpaired) electrons. The van der Waals surface area contributed by atoms with Crippen molar-refractivity contribution >= 4 is 27.3 Å². The number of primary amides is 1. The summed E-state index contributed by atoms with van der Waals surface area (Å²) in [5.74, 6) is -0.526. The van der Waals surface area contributed by atoms with Crippen molar-refractivity contribution in [3.63, 3.8) is 0 Å². The largest absolute Gasteiger partial charge is 0.368 e. The highest BCUT2D eigenvalue weighted by Gasteiger charge is 2.17. The maximum absolute atomic E-state index is 11.9. The van der Waals surface area contributed by atoms with E-state index in [1.54, 1.807) is 0 Å². The number of unbranched alkanes of at least 4 members (excludes halogenated alkanes) is 1. The highest BCUT2D eigenvalue weighted by atomic mass is 35.5. The van der Waals surface area contributed by atoms with Gasteiger partial charge in [-0.1, -0.05) is 25.5 Å². The predicted molar refractivity (Wildman–Crippen MR) is 71.2 cm³/mol. The molecule has 4 nitrogen and oxygen atoms in total. The lowest BCUT2D eigenvalue weighted by atomic mass is 10.1. The zero-order valence-corrected chi connectivity index (χ0v) is 11.7. The second-order valence-electron chi connectivity index (χ2n) is 4.01. The van der Waals surface area contributed by atoms with E-state index in [0.29, 0.717) is 12.0 Å². The summed E-state index contributed by atoms with van der Waals surface area (Å²) in [4.78, 5) is 11.1. The van der Waals surface area contributed by atoms with Crippen LogP contribution < -0.4 is 5.73 Å². The summed E-state index contributed by atoms with van der Waals surface area (Å²) in [7, 11) is -3.24. The lowest BCUT2D eigenvalue weighted by Crippen LogP contribution is -2.17. The van der Waals surface area contributed by atoms with E-state index in [-0.39, 0.29) is 10.6 Å². The average molecular weight is 290 g/mol. The van der Waals surface area contributed by atoms with E-state index in [4.69, 9.17) is 17.3 Å². The van der Waals surface area contributed by atoms with Crippen molar-refractivity contribution in [2.45, 2.75) is 30.0 Å². The molecule has 0 fully saturated rings. The first-order chi connectivity index (χ1) is 8.38. The first-order valence-corrected chi connectivity index (χ1v) is 7.73. The molecule has 2 N–H and O–H groups in total. The van der Waals surface area contributed by atoms with Crippen LogP contribution in [0.4, 0.5) is 0 Å². The predicted octanol–water partition coefficient (Wildman–Crippen LogP) is 2.03. The number of hydrogen-bond donors (Lipinski definition) is 1. The smallest absolute Gasteiger partial charge is 0.240 e. The number of sulfone groups is 1. The number of alkyl halides is 1. The average Bonchev–Trinajstić information content (AvgIpc) is 2.35. The highest BCUT2D eigenvalue weighted by Crippen LogP contribution is 2.22.